The first-order chi connectivity index (χ1) is 13.7. The Morgan fingerprint density at radius 3 is 2.71 bits per heavy atom. The van der Waals surface area contributed by atoms with E-state index in [-0.39, 0.29) is 12.5 Å². The molecule has 1 aliphatic carbocycles. The lowest BCUT2D eigenvalue weighted by atomic mass is 10.1. The van der Waals surface area contributed by atoms with Gasteiger partial charge in [0.15, 0.2) is 5.13 Å². The van der Waals surface area contributed by atoms with E-state index in [1.807, 2.05) is 42.3 Å². The van der Waals surface area contributed by atoms with Crippen LogP contribution < -0.4 is 10.2 Å². The summed E-state index contributed by atoms with van der Waals surface area (Å²) >= 11 is 1.60. The summed E-state index contributed by atoms with van der Waals surface area (Å²) in [6, 6.07) is 22.7. The van der Waals surface area contributed by atoms with E-state index in [1.54, 1.807) is 11.3 Å². The topological polar surface area (TPSA) is 45.2 Å². The van der Waals surface area contributed by atoms with Crippen LogP contribution in [0, 0.1) is 0 Å². The maximum Gasteiger partial charge on any atom is 0.243 e. The third-order valence-corrected chi connectivity index (χ3v) is 6.22. The van der Waals surface area contributed by atoms with Gasteiger partial charge in [0.1, 0.15) is 0 Å². The molecule has 1 heterocycles. The second kappa shape index (κ2) is 6.77. The van der Waals surface area contributed by atoms with Crippen molar-refractivity contribution in [2.45, 2.75) is 6.42 Å². The van der Waals surface area contributed by atoms with Crippen LogP contribution in [0.4, 0.5) is 10.8 Å². The molecule has 1 aliphatic rings. The first-order valence-corrected chi connectivity index (χ1v) is 10.1. The quantitative estimate of drug-likeness (QED) is 0.476. The van der Waals surface area contributed by atoms with Crippen molar-refractivity contribution in [3.63, 3.8) is 0 Å². The molecule has 1 N–H and O–H groups in total. The molecule has 4 aromatic rings. The SMILES string of the molecule is CN(CC(=O)Nc1ccc2c(c1)Cc1ccccc1-2)c1nc2ccccc2s1. The molecule has 5 heteroatoms. The Hall–Kier alpha value is -3.18. The number of para-hydroxylation sites is 1. The molecular weight excluding hydrogens is 366 g/mol. The van der Waals surface area contributed by atoms with Crippen LogP contribution in [0.1, 0.15) is 11.1 Å². The number of likely N-dealkylation sites (N-methyl/N-ethyl adjacent to an activating group) is 1. The molecule has 0 atom stereocenters. The fraction of sp³-hybridized carbons (Fsp3) is 0.130. The molecule has 0 spiro atoms. The van der Waals surface area contributed by atoms with Gasteiger partial charge in [-0.2, -0.15) is 0 Å². The fourth-order valence-electron chi connectivity index (χ4n) is 3.73. The zero-order valence-electron chi connectivity index (χ0n) is 15.5. The largest absolute Gasteiger partial charge is 0.342 e. The van der Waals surface area contributed by atoms with Gasteiger partial charge in [-0.1, -0.05) is 53.8 Å². The van der Waals surface area contributed by atoms with Crippen molar-refractivity contribution in [3.8, 4) is 11.1 Å². The molecule has 0 saturated carbocycles. The molecule has 138 valence electrons. The van der Waals surface area contributed by atoms with E-state index in [0.717, 1.165) is 27.5 Å². The van der Waals surface area contributed by atoms with Crippen molar-refractivity contribution >= 4 is 38.3 Å². The Morgan fingerprint density at radius 2 is 1.82 bits per heavy atom. The van der Waals surface area contributed by atoms with Gasteiger partial charge in [-0.15, -0.1) is 0 Å². The van der Waals surface area contributed by atoms with Crippen LogP contribution in [-0.2, 0) is 11.2 Å². The van der Waals surface area contributed by atoms with Crippen molar-refractivity contribution in [3.05, 3.63) is 77.9 Å². The number of hydrogen-bond acceptors (Lipinski definition) is 4. The van der Waals surface area contributed by atoms with Gasteiger partial charge in [-0.25, -0.2) is 4.98 Å². The van der Waals surface area contributed by atoms with Crippen LogP contribution in [-0.4, -0.2) is 24.5 Å². The molecule has 1 amide bonds. The summed E-state index contributed by atoms with van der Waals surface area (Å²) in [7, 11) is 1.90. The first-order valence-electron chi connectivity index (χ1n) is 9.25. The number of fused-ring (bicyclic) bond motifs is 4. The second-order valence-electron chi connectivity index (χ2n) is 7.07. The highest BCUT2D eigenvalue weighted by molar-refractivity contribution is 7.22. The van der Waals surface area contributed by atoms with Gasteiger partial charge in [0.2, 0.25) is 5.91 Å². The van der Waals surface area contributed by atoms with Gasteiger partial charge < -0.3 is 10.2 Å². The van der Waals surface area contributed by atoms with Crippen molar-refractivity contribution in [1.82, 2.24) is 4.98 Å². The van der Waals surface area contributed by atoms with Crippen LogP contribution in [0.25, 0.3) is 21.3 Å². The molecule has 0 bridgehead atoms. The zero-order valence-corrected chi connectivity index (χ0v) is 16.3. The predicted molar refractivity (Wildman–Crippen MR) is 116 cm³/mol. The molecule has 0 radical (unpaired) electrons. The number of nitrogens with one attached hydrogen (secondary N) is 1. The van der Waals surface area contributed by atoms with E-state index >= 15 is 0 Å². The number of nitrogens with zero attached hydrogens (tertiary/aromatic N) is 2. The summed E-state index contributed by atoms with van der Waals surface area (Å²) in [4.78, 5) is 19.1. The van der Waals surface area contributed by atoms with Crippen LogP contribution in [0.15, 0.2) is 66.7 Å². The van der Waals surface area contributed by atoms with E-state index < -0.39 is 0 Å². The molecular formula is C23H19N3OS. The summed E-state index contributed by atoms with van der Waals surface area (Å²) in [5.41, 5.74) is 6.98. The van der Waals surface area contributed by atoms with Gasteiger partial charge in [-0.05, 0) is 52.9 Å². The summed E-state index contributed by atoms with van der Waals surface area (Å²) < 4.78 is 1.13. The maximum atomic E-state index is 12.6. The van der Waals surface area contributed by atoms with E-state index in [0.29, 0.717) is 0 Å². The first kappa shape index (κ1) is 17.0. The maximum absolute atomic E-state index is 12.6. The molecule has 1 aromatic heterocycles. The molecule has 0 saturated heterocycles. The Morgan fingerprint density at radius 1 is 1.04 bits per heavy atom. The number of rotatable bonds is 4. The Labute approximate surface area is 167 Å². The summed E-state index contributed by atoms with van der Waals surface area (Å²) in [6.45, 7) is 0.261. The van der Waals surface area contributed by atoms with Crippen LogP contribution in [0.5, 0.6) is 0 Å². The van der Waals surface area contributed by atoms with Gasteiger partial charge >= 0.3 is 0 Å². The number of thiazole rings is 1. The number of carbonyl (C=O) groups excluding carboxylic acids is 1. The minimum atomic E-state index is -0.0442. The van der Waals surface area contributed by atoms with E-state index in [1.165, 1.54) is 22.3 Å². The smallest absolute Gasteiger partial charge is 0.243 e. The third-order valence-electron chi connectivity index (χ3n) is 5.07. The number of anilines is 2. The highest BCUT2D eigenvalue weighted by atomic mass is 32.1. The van der Waals surface area contributed by atoms with Crippen LogP contribution >= 0.6 is 11.3 Å². The molecule has 0 unspecified atom stereocenters. The Balaban J connectivity index is 1.29. The Bertz CT molecular complexity index is 1160. The number of benzene rings is 3. The summed E-state index contributed by atoms with van der Waals surface area (Å²) in [5.74, 6) is -0.0442. The van der Waals surface area contributed by atoms with Gasteiger partial charge in [-0.3, -0.25) is 4.79 Å². The minimum absolute atomic E-state index is 0.0442. The predicted octanol–water partition coefficient (Wildman–Crippen LogP) is 4.94. The lowest BCUT2D eigenvalue weighted by molar-refractivity contribution is -0.114. The lowest BCUT2D eigenvalue weighted by Crippen LogP contribution is -2.29. The summed E-state index contributed by atoms with van der Waals surface area (Å²) in [6.07, 6.45) is 0.917. The van der Waals surface area contributed by atoms with Crippen molar-refractivity contribution in [2.75, 3.05) is 23.8 Å². The zero-order chi connectivity index (χ0) is 19.1. The Kier molecular flexibility index (Phi) is 4.10. The van der Waals surface area contributed by atoms with Crippen LogP contribution in [0.3, 0.4) is 0 Å². The third kappa shape index (κ3) is 3.04. The minimum Gasteiger partial charge on any atom is -0.342 e. The van der Waals surface area contributed by atoms with Gasteiger partial charge in [0.25, 0.3) is 0 Å². The standard InChI is InChI=1S/C23H19N3OS/c1-26(23-25-20-8-4-5-9-21(20)28-23)14-22(27)24-17-10-11-19-16(13-17)12-15-6-2-3-7-18(15)19/h2-11,13H,12,14H2,1H3,(H,24,27). The lowest BCUT2D eigenvalue weighted by Gasteiger charge is -2.15. The molecule has 5 rings (SSSR count). The average molecular weight is 385 g/mol. The number of amides is 1. The molecule has 0 aliphatic heterocycles. The number of aromatic nitrogens is 1. The fourth-order valence-corrected chi connectivity index (χ4v) is 4.66. The van der Waals surface area contributed by atoms with E-state index in [9.17, 15) is 4.79 Å². The summed E-state index contributed by atoms with van der Waals surface area (Å²) in [5, 5.41) is 3.88. The van der Waals surface area contributed by atoms with Gasteiger partial charge in [0.05, 0.1) is 16.8 Å². The highest BCUT2D eigenvalue weighted by Crippen LogP contribution is 2.37. The van der Waals surface area contributed by atoms with E-state index in [2.05, 4.69) is 46.7 Å². The van der Waals surface area contributed by atoms with Crippen LogP contribution in [0.2, 0.25) is 0 Å². The highest BCUT2D eigenvalue weighted by Gasteiger charge is 2.18. The molecule has 28 heavy (non-hydrogen) atoms. The molecule has 3 aromatic carbocycles. The number of hydrogen-bond donors (Lipinski definition) is 1. The second-order valence-corrected chi connectivity index (χ2v) is 8.08. The van der Waals surface area contributed by atoms with Gasteiger partial charge in [0, 0.05) is 12.7 Å². The average Bonchev–Trinajstić information content (AvgIpc) is 3.28. The molecule has 0 fully saturated rings. The van der Waals surface area contributed by atoms with Crippen molar-refractivity contribution in [1.29, 1.82) is 0 Å². The van der Waals surface area contributed by atoms with Crippen molar-refractivity contribution < 1.29 is 4.79 Å². The normalized spacial score (nSPS) is 11.9. The van der Waals surface area contributed by atoms with Crippen molar-refractivity contribution in [2.24, 2.45) is 0 Å². The molecule has 4 nitrogen and oxygen atoms in total. The monoisotopic (exact) mass is 385 g/mol. The van der Waals surface area contributed by atoms with E-state index in [4.69, 9.17) is 0 Å². The number of carbonyl (C=O) groups is 1.